The van der Waals surface area contributed by atoms with Gasteiger partial charge in [-0.1, -0.05) is 90.4 Å². The molecule has 41 heavy (non-hydrogen) atoms. The topological polar surface area (TPSA) is 79.2 Å². The SMILES string of the molecule is CCCCCCCCCCCCCCCCOc1ccc(C(=O)C(C#N)C(=O)Nc2ccc(C(F)(F)F)cc2)cc1. The second-order valence-corrected chi connectivity index (χ2v) is 10.5. The molecule has 0 fully saturated rings. The Morgan fingerprint density at radius 3 is 1.73 bits per heavy atom. The van der Waals surface area contributed by atoms with E-state index in [0.29, 0.717) is 12.4 Å². The van der Waals surface area contributed by atoms with Crippen LogP contribution in [0.3, 0.4) is 0 Å². The first-order valence-electron chi connectivity index (χ1n) is 14.9. The van der Waals surface area contributed by atoms with Gasteiger partial charge in [0.15, 0.2) is 11.7 Å². The van der Waals surface area contributed by atoms with Crippen LogP contribution in [0.25, 0.3) is 0 Å². The zero-order valence-electron chi connectivity index (χ0n) is 24.1. The number of nitrogens with one attached hydrogen (secondary N) is 1. The molecular weight excluding hydrogens is 529 g/mol. The number of amides is 1. The molecule has 1 atom stereocenters. The summed E-state index contributed by atoms with van der Waals surface area (Å²) < 4.78 is 43.9. The second-order valence-electron chi connectivity index (χ2n) is 10.5. The number of unbranched alkanes of at least 4 members (excludes halogenated alkanes) is 13. The maximum atomic E-state index is 12.7. The molecule has 0 aliphatic rings. The van der Waals surface area contributed by atoms with Crippen LogP contribution in [0, 0.1) is 17.2 Å². The number of ketones is 1. The average Bonchev–Trinajstić information content (AvgIpc) is 2.95. The van der Waals surface area contributed by atoms with Crippen molar-refractivity contribution in [2.45, 2.75) is 103 Å². The first-order valence-corrected chi connectivity index (χ1v) is 14.9. The van der Waals surface area contributed by atoms with Gasteiger partial charge in [-0.25, -0.2) is 0 Å². The monoisotopic (exact) mass is 572 g/mol. The molecule has 224 valence electrons. The molecule has 0 radical (unpaired) electrons. The van der Waals surface area contributed by atoms with Gasteiger partial charge in [0.2, 0.25) is 5.91 Å². The molecule has 8 heteroatoms. The number of carbonyl (C=O) groups excluding carboxylic acids is 2. The number of anilines is 1. The normalized spacial score (nSPS) is 12.0. The van der Waals surface area contributed by atoms with Gasteiger partial charge in [-0.15, -0.1) is 0 Å². The number of rotatable bonds is 20. The molecular formula is C33H43F3N2O3. The third-order valence-corrected chi connectivity index (χ3v) is 7.04. The van der Waals surface area contributed by atoms with E-state index in [1.807, 2.05) is 0 Å². The van der Waals surface area contributed by atoms with Gasteiger partial charge in [0.1, 0.15) is 5.75 Å². The van der Waals surface area contributed by atoms with Crippen molar-refractivity contribution in [1.29, 1.82) is 5.26 Å². The predicted octanol–water partition coefficient (Wildman–Crippen LogP) is 9.53. The number of halogens is 3. The maximum Gasteiger partial charge on any atom is 0.416 e. The summed E-state index contributed by atoms with van der Waals surface area (Å²) in [6, 6.07) is 11.7. The number of ether oxygens (including phenoxy) is 1. The lowest BCUT2D eigenvalue weighted by molar-refractivity contribution is -0.137. The highest BCUT2D eigenvalue weighted by Crippen LogP contribution is 2.30. The molecule has 2 aromatic rings. The molecule has 0 bridgehead atoms. The van der Waals surface area contributed by atoms with Gasteiger partial charge in [0.05, 0.1) is 18.2 Å². The molecule has 0 saturated carbocycles. The van der Waals surface area contributed by atoms with Crippen molar-refractivity contribution >= 4 is 17.4 Å². The van der Waals surface area contributed by atoms with Crippen LogP contribution in [-0.2, 0) is 11.0 Å². The number of nitrogens with zero attached hydrogens (tertiary/aromatic N) is 1. The van der Waals surface area contributed by atoms with Crippen LogP contribution in [0.5, 0.6) is 5.75 Å². The third-order valence-electron chi connectivity index (χ3n) is 7.04. The maximum absolute atomic E-state index is 12.7. The van der Waals surface area contributed by atoms with Crippen LogP contribution >= 0.6 is 0 Å². The van der Waals surface area contributed by atoms with Crippen LogP contribution in [0.15, 0.2) is 48.5 Å². The van der Waals surface area contributed by atoms with E-state index in [1.54, 1.807) is 18.2 Å². The number of Topliss-reactive ketones (excluding diaryl/α,β-unsaturated/α-hetero) is 1. The Hall–Kier alpha value is -3.34. The number of nitriles is 1. The number of alkyl halides is 3. The van der Waals surface area contributed by atoms with Crippen LogP contribution in [0.2, 0.25) is 0 Å². The van der Waals surface area contributed by atoms with E-state index >= 15 is 0 Å². The van der Waals surface area contributed by atoms with Gasteiger partial charge >= 0.3 is 6.18 Å². The number of benzene rings is 2. The smallest absolute Gasteiger partial charge is 0.416 e. The summed E-state index contributed by atoms with van der Waals surface area (Å²) in [6.07, 6.45) is 13.5. The van der Waals surface area contributed by atoms with E-state index in [9.17, 15) is 28.0 Å². The molecule has 0 aliphatic carbocycles. The Balaban J connectivity index is 1.62. The largest absolute Gasteiger partial charge is 0.494 e. The highest BCUT2D eigenvalue weighted by molar-refractivity contribution is 6.15. The summed E-state index contributed by atoms with van der Waals surface area (Å²) in [5.41, 5.74) is -0.638. The fourth-order valence-corrected chi connectivity index (χ4v) is 4.56. The van der Waals surface area contributed by atoms with Crippen LogP contribution in [0.4, 0.5) is 18.9 Å². The second kappa shape index (κ2) is 18.9. The molecule has 1 unspecified atom stereocenters. The standard InChI is InChI=1S/C33H43F3N2O3/c1-2-3-4-5-6-7-8-9-10-11-12-13-14-15-24-41-29-22-16-26(17-23-29)31(39)30(25-37)32(40)38-28-20-18-27(19-21-28)33(34,35)36/h16-23,30H,2-15,24H2,1H3,(H,38,40). The van der Waals surface area contributed by atoms with E-state index in [2.05, 4.69) is 12.2 Å². The van der Waals surface area contributed by atoms with E-state index in [1.165, 1.54) is 89.2 Å². The van der Waals surface area contributed by atoms with E-state index in [0.717, 1.165) is 37.1 Å². The predicted molar refractivity (Wildman–Crippen MR) is 156 cm³/mol. The molecule has 2 rings (SSSR count). The molecule has 5 nitrogen and oxygen atoms in total. The molecule has 0 aromatic heterocycles. The number of carbonyl (C=O) groups is 2. The molecule has 1 amide bonds. The highest BCUT2D eigenvalue weighted by atomic mass is 19.4. The van der Waals surface area contributed by atoms with E-state index in [-0.39, 0.29) is 11.3 Å². The molecule has 0 saturated heterocycles. The van der Waals surface area contributed by atoms with Gasteiger partial charge in [-0.3, -0.25) is 9.59 Å². The zero-order valence-corrected chi connectivity index (χ0v) is 24.1. The highest BCUT2D eigenvalue weighted by Gasteiger charge is 2.31. The van der Waals surface area contributed by atoms with Crippen molar-refractivity contribution < 1.29 is 27.5 Å². The summed E-state index contributed by atoms with van der Waals surface area (Å²) >= 11 is 0. The Morgan fingerprint density at radius 2 is 1.27 bits per heavy atom. The fraction of sp³-hybridized carbons (Fsp3) is 0.545. The van der Waals surface area contributed by atoms with Crippen LogP contribution in [0.1, 0.15) is 113 Å². The number of hydrogen-bond donors (Lipinski definition) is 1. The van der Waals surface area contributed by atoms with Crippen molar-refractivity contribution in [3.63, 3.8) is 0 Å². The minimum atomic E-state index is -4.50. The minimum Gasteiger partial charge on any atom is -0.494 e. The van der Waals surface area contributed by atoms with Gasteiger partial charge in [0, 0.05) is 11.3 Å². The fourth-order valence-electron chi connectivity index (χ4n) is 4.56. The Bertz CT molecular complexity index is 1080. The molecule has 0 heterocycles. The van der Waals surface area contributed by atoms with Gasteiger partial charge in [0.25, 0.3) is 0 Å². The van der Waals surface area contributed by atoms with Crippen LogP contribution < -0.4 is 10.1 Å². The lowest BCUT2D eigenvalue weighted by Crippen LogP contribution is -2.28. The average molecular weight is 573 g/mol. The van der Waals surface area contributed by atoms with E-state index in [4.69, 9.17) is 4.74 Å². The Kier molecular flexibility index (Phi) is 15.6. The molecule has 0 spiro atoms. The quantitative estimate of drug-likeness (QED) is 0.0973. The van der Waals surface area contributed by atoms with Crippen molar-refractivity contribution in [3.05, 3.63) is 59.7 Å². The first-order chi connectivity index (χ1) is 19.8. The van der Waals surface area contributed by atoms with E-state index < -0.39 is 29.3 Å². The molecule has 1 N–H and O–H groups in total. The van der Waals surface area contributed by atoms with Crippen molar-refractivity contribution in [1.82, 2.24) is 0 Å². The molecule has 0 aliphatic heterocycles. The van der Waals surface area contributed by atoms with Crippen molar-refractivity contribution in [2.24, 2.45) is 5.92 Å². The van der Waals surface area contributed by atoms with Gasteiger partial charge in [-0.05, 0) is 55.0 Å². The minimum absolute atomic E-state index is 0.0586. The Morgan fingerprint density at radius 1 is 0.780 bits per heavy atom. The summed E-state index contributed by atoms with van der Waals surface area (Å²) in [6.45, 7) is 2.82. The molecule has 2 aromatic carbocycles. The van der Waals surface area contributed by atoms with Crippen LogP contribution in [-0.4, -0.2) is 18.3 Å². The Labute approximate surface area is 242 Å². The summed E-state index contributed by atoms with van der Waals surface area (Å²) in [4.78, 5) is 25.2. The van der Waals surface area contributed by atoms with Gasteiger partial charge < -0.3 is 10.1 Å². The van der Waals surface area contributed by atoms with Gasteiger partial charge in [-0.2, -0.15) is 18.4 Å². The summed E-state index contributed by atoms with van der Waals surface area (Å²) in [5.74, 6) is -2.65. The van der Waals surface area contributed by atoms with Crippen molar-refractivity contribution in [2.75, 3.05) is 11.9 Å². The lowest BCUT2D eigenvalue weighted by Gasteiger charge is -2.12. The first kappa shape index (κ1) is 33.9. The number of hydrogen-bond acceptors (Lipinski definition) is 4. The zero-order chi connectivity index (χ0) is 29.9. The third kappa shape index (κ3) is 13.2. The summed E-state index contributed by atoms with van der Waals surface area (Å²) in [7, 11) is 0. The lowest BCUT2D eigenvalue weighted by atomic mass is 9.98. The van der Waals surface area contributed by atoms with Crippen molar-refractivity contribution in [3.8, 4) is 11.8 Å². The summed E-state index contributed by atoms with van der Waals surface area (Å²) in [5, 5.41) is 11.7.